The molecule has 1 aliphatic rings. The molecule has 5 nitrogen and oxygen atoms in total. The number of aliphatic carboxylic acids is 1. The maximum absolute atomic E-state index is 11.7. The average molecular weight is 259 g/mol. The molecule has 0 saturated carbocycles. The Kier molecular flexibility index (Phi) is 3.43. The molecule has 0 bridgehead atoms. The molecular formula is C14H17N3O2. The molecule has 1 saturated heterocycles. The van der Waals surface area contributed by atoms with Gasteiger partial charge in [-0.25, -0.2) is 9.78 Å². The van der Waals surface area contributed by atoms with Gasteiger partial charge in [-0.05, 0) is 37.8 Å². The number of pyridine rings is 1. The maximum Gasteiger partial charge on any atom is 0.329 e. The van der Waals surface area contributed by atoms with E-state index in [1.807, 2.05) is 13.8 Å². The number of carbonyl (C=O) groups is 1. The van der Waals surface area contributed by atoms with Crippen LogP contribution in [0.1, 0.15) is 37.3 Å². The summed E-state index contributed by atoms with van der Waals surface area (Å²) in [6, 6.07) is 3.91. The summed E-state index contributed by atoms with van der Waals surface area (Å²) >= 11 is 0. The fraction of sp³-hybridized carbons (Fsp3) is 0.500. The first-order valence-electron chi connectivity index (χ1n) is 6.43. The second-order valence-corrected chi connectivity index (χ2v) is 4.88. The Hall–Kier alpha value is -2.09. The molecule has 2 rings (SSSR count). The van der Waals surface area contributed by atoms with E-state index >= 15 is 0 Å². The van der Waals surface area contributed by atoms with Gasteiger partial charge >= 0.3 is 5.97 Å². The van der Waals surface area contributed by atoms with E-state index < -0.39 is 11.5 Å². The van der Waals surface area contributed by atoms with Crippen LogP contribution in [0.2, 0.25) is 0 Å². The minimum atomic E-state index is -0.924. The van der Waals surface area contributed by atoms with Crippen molar-refractivity contribution < 1.29 is 9.90 Å². The first-order valence-corrected chi connectivity index (χ1v) is 6.43. The van der Waals surface area contributed by atoms with Crippen molar-refractivity contribution in [3.63, 3.8) is 0 Å². The predicted molar refractivity (Wildman–Crippen MR) is 70.9 cm³/mol. The highest BCUT2D eigenvalue weighted by molar-refractivity contribution is 5.84. The van der Waals surface area contributed by atoms with Crippen molar-refractivity contribution >= 4 is 11.8 Å². The van der Waals surface area contributed by atoms with E-state index in [2.05, 4.69) is 11.1 Å². The van der Waals surface area contributed by atoms with Crippen LogP contribution in [-0.2, 0) is 4.79 Å². The second-order valence-electron chi connectivity index (χ2n) is 4.88. The summed E-state index contributed by atoms with van der Waals surface area (Å²) in [5, 5.41) is 18.9. The molecule has 1 aromatic rings. The molecule has 1 atom stereocenters. The van der Waals surface area contributed by atoms with Gasteiger partial charge in [0.1, 0.15) is 17.4 Å². The number of aryl methyl sites for hydroxylation is 1. The Morgan fingerprint density at radius 2 is 2.42 bits per heavy atom. The van der Waals surface area contributed by atoms with Crippen molar-refractivity contribution in [2.45, 2.75) is 38.6 Å². The third kappa shape index (κ3) is 1.93. The molecule has 0 spiro atoms. The number of hydrogen-bond acceptors (Lipinski definition) is 4. The molecule has 100 valence electrons. The van der Waals surface area contributed by atoms with E-state index in [1.54, 1.807) is 17.2 Å². The van der Waals surface area contributed by atoms with Gasteiger partial charge in [0.15, 0.2) is 0 Å². The number of aromatic nitrogens is 1. The summed E-state index contributed by atoms with van der Waals surface area (Å²) < 4.78 is 0. The molecule has 0 amide bonds. The van der Waals surface area contributed by atoms with Crippen LogP contribution in [-0.4, -0.2) is 28.1 Å². The summed E-state index contributed by atoms with van der Waals surface area (Å²) in [5.41, 5.74) is 0.380. The maximum atomic E-state index is 11.7. The topological polar surface area (TPSA) is 77.2 Å². The number of nitrogens with zero attached hydrogens (tertiary/aromatic N) is 3. The summed E-state index contributed by atoms with van der Waals surface area (Å²) in [6.45, 7) is 4.34. The SMILES string of the molecule is CCC1(C(=O)O)CCCN1c1nccc(C)c1C#N. The Labute approximate surface area is 112 Å². The molecule has 0 radical (unpaired) electrons. The van der Waals surface area contributed by atoms with Gasteiger partial charge < -0.3 is 10.0 Å². The van der Waals surface area contributed by atoms with E-state index in [0.717, 1.165) is 12.0 Å². The van der Waals surface area contributed by atoms with Gasteiger partial charge in [0.2, 0.25) is 0 Å². The fourth-order valence-electron chi connectivity index (χ4n) is 2.82. The molecule has 5 heteroatoms. The number of rotatable bonds is 3. The lowest BCUT2D eigenvalue weighted by Gasteiger charge is -2.35. The first kappa shape index (κ1) is 13.3. The van der Waals surface area contributed by atoms with Crippen molar-refractivity contribution in [3.8, 4) is 6.07 Å². The lowest BCUT2D eigenvalue weighted by atomic mass is 9.92. The molecule has 0 aliphatic carbocycles. The van der Waals surface area contributed by atoms with Crippen LogP contribution >= 0.6 is 0 Å². The molecule has 19 heavy (non-hydrogen) atoms. The quantitative estimate of drug-likeness (QED) is 0.899. The monoisotopic (exact) mass is 259 g/mol. The molecule has 1 unspecified atom stereocenters. The number of nitriles is 1. The second kappa shape index (κ2) is 4.88. The van der Waals surface area contributed by atoms with E-state index in [0.29, 0.717) is 30.8 Å². The van der Waals surface area contributed by atoms with Crippen molar-refractivity contribution in [2.24, 2.45) is 0 Å². The van der Waals surface area contributed by atoms with Crippen molar-refractivity contribution in [3.05, 3.63) is 23.4 Å². The highest BCUT2D eigenvalue weighted by Gasteiger charge is 2.47. The van der Waals surface area contributed by atoms with Crippen LogP contribution in [0.4, 0.5) is 5.82 Å². The predicted octanol–water partition coefficient (Wildman–Crippen LogP) is 2.10. The summed E-state index contributed by atoms with van der Waals surface area (Å²) in [5.74, 6) is -0.330. The highest BCUT2D eigenvalue weighted by atomic mass is 16.4. The molecule has 2 heterocycles. The van der Waals surface area contributed by atoms with E-state index in [1.165, 1.54) is 0 Å². The zero-order valence-electron chi connectivity index (χ0n) is 11.2. The highest BCUT2D eigenvalue weighted by Crippen LogP contribution is 2.37. The molecule has 1 N–H and O–H groups in total. The van der Waals surface area contributed by atoms with E-state index in [9.17, 15) is 15.2 Å². The first-order chi connectivity index (χ1) is 9.06. The van der Waals surface area contributed by atoms with E-state index in [-0.39, 0.29) is 0 Å². The molecule has 1 aliphatic heterocycles. The summed E-state index contributed by atoms with van der Waals surface area (Å²) in [4.78, 5) is 17.7. The summed E-state index contributed by atoms with van der Waals surface area (Å²) in [7, 11) is 0. The lowest BCUT2D eigenvalue weighted by Crippen LogP contribution is -2.51. The van der Waals surface area contributed by atoms with Gasteiger partial charge in [-0.1, -0.05) is 6.92 Å². The van der Waals surface area contributed by atoms with Gasteiger partial charge in [0.25, 0.3) is 0 Å². The van der Waals surface area contributed by atoms with Gasteiger partial charge in [0, 0.05) is 12.7 Å². The Balaban J connectivity index is 2.56. The fourth-order valence-corrected chi connectivity index (χ4v) is 2.82. The molecular weight excluding hydrogens is 242 g/mol. The Morgan fingerprint density at radius 1 is 1.68 bits per heavy atom. The van der Waals surface area contributed by atoms with E-state index in [4.69, 9.17) is 0 Å². The zero-order chi connectivity index (χ0) is 14.0. The smallest absolute Gasteiger partial charge is 0.329 e. The lowest BCUT2D eigenvalue weighted by molar-refractivity contribution is -0.143. The summed E-state index contributed by atoms with van der Waals surface area (Å²) in [6.07, 6.45) is 3.54. The van der Waals surface area contributed by atoms with Crippen LogP contribution < -0.4 is 4.90 Å². The Morgan fingerprint density at radius 3 is 3.00 bits per heavy atom. The van der Waals surface area contributed by atoms with Crippen LogP contribution in [0.25, 0.3) is 0 Å². The van der Waals surface area contributed by atoms with Crippen molar-refractivity contribution in [1.29, 1.82) is 5.26 Å². The van der Waals surface area contributed by atoms with Crippen molar-refractivity contribution in [2.75, 3.05) is 11.4 Å². The van der Waals surface area contributed by atoms with Crippen LogP contribution in [0, 0.1) is 18.3 Å². The zero-order valence-corrected chi connectivity index (χ0v) is 11.2. The Bertz CT molecular complexity index is 550. The number of hydrogen-bond donors (Lipinski definition) is 1. The number of anilines is 1. The van der Waals surface area contributed by atoms with Crippen LogP contribution in [0.15, 0.2) is 12.3 Å². The molecule has 0 aromatic carbocycles. The van der Waals surface area contributed by atoms with Gasteiger partial charge in [-0.15, -0.1) is 0 Å². The minimum Gasteiger partial charge on any atom is -0.479 e. The third-order valence-corrected chi connectivity index (χ3v) is 3.98. The average Bonchev–Trinajstić information content (AvgIpc) is 2.83. The minimum absolute atomic E-state index is 0.475. The largest absolute Gasteiger partial charge is 0.479 e. The van der Waals surface area contributed by atoms with Gasteiger partial charge in [-0.2, -0.15) is 5.26 Å². The van der Waals surface area contributed by atoms with Crippen LogP contribution in [0.5, 0.6) is 0 Å². The molecule has 1 fully saturated rings. The van der Waals surface area contributed by atoms with Gasteiger partial charge in [-0.3, -0.25) is 0 Å². The standard InChI is InChI=1S/C14H17N3O2/c1-3-14(13(18)19)6-4-8-17(14)12-11(9-15)10(2)5-7-16-12/h5,7H,3-4,6,8H2,1-2H3,(H,18,19). The molecule has 1 aromatic heterocycles. The number of carboxylic acids is 1. The normalized spacial score (nSPS) is 22.3. The van der Waals surface area contributed by atoms with Gasteiger partial charge in [0.05, 0.1) is 5.56 Å². The van der Waals surface area contributed by atoms with Crippen molar-refractivity contribution in [1.82, 2.24) is 4.98 Å². The van der Waals surface area contributed by atoms with Crippen LogP contribution in [0.3, 0.4) is 0 Å². The third-order valence-electron chi connectivity index (χ3n) is 3.98. The number of carboxylic acid groups (broad SMARTS) is 1.